The summed E-state index contributed by atoms with van der Waals surface area (Å²) >= 11 is 0. The Hall–Kier alpha value is -2.42. The average molecular weight is 384 g/mol. The Bertz CT molecular complexity index is 743. The van der Waals surface area contributed by atoms with E-state index in [1.165, 1.54) is 31.2 Å². The van der Waals surface area contributed by atoms with Gasteiger partial charge in [-0.3, -0.25) is 9.59 Å². The van der Waals surface area contributed by atoms with Crippen LogP contribution < -0.4 is 10.6 Å². The zero-order valence-corrected chi connectivity index (χ0v) is 15.9. The number of hydrogen-bond acceptors (Lipinski definition) is 6. The van der Waals surface area contributed by atoms with Gasteiger partial charge < -0.3 is 15.4 Å². The summed E-state index contributed by atoms with van der Waals surface area (Å²) in [7, 11) is -3.16. The van der Waals surface area contributed by atoms with Crippen LogP contribution in [0.1, 0.15) is 36.2 Å². The summed E-state index contributed by atoms with van der Waals surface area (Å²) in [4.78, 5) is 35.3. The monoisotopic (exact) mass is 384 g/mol. The van der Waals surface area contributed by atoms with Gasteiger partial charge in [0.05, 0.1) is 11.3 Å². The number of hydrogen-bond donors (Lipinski definition) is 2. The van der Waals surface area contributed by atoms with Crippen LogP contribution in [-0.4, -0.2) is 51.7 Å². The average Bonchev–Trinajstić information content (AvgIpc) is 2.56. The quantitative estimate of drug-likeness (QED) is 0.596. The molecule has 2 amide bonds. The molecule has 1 aromatic rings. The van der Waals surface area contributed by atoms with E-state index in [0.29, 0.717) is 12.1 Å². The molecule has 2 N–H and O–H groups in total. The van der Waals surface area contributed by atoms with Crippen molar-refractivity contribution in [1.29, 1.82) is 0 Å². The standard InChI is InChI=1S/C17H24N2O6S/c1-4-9-18-16(21)12(2)19-15(20)10-25-17(22)14-7-5-13(6-8-14)11-26(3,23)24/h5-8,12H,4,9-11H2,1-3H3,(H,18,21)(H,19,20)/t12-/m1/s1. The van der Waals surface area contributed by atoms with Gasteiger partial charge in [0.25, 0.3) is 5.91 Å². The predicted octanol–water partition coefficient (Wildman–Crippen LogP) is 0.419. The van der Waals surface area contributed by atoms with Crippen molar-refractivity contribution in [1.82, 2.24) is 10.6 Å². The molecule has 8 nitrogen and oxygen atoms in total. The highest BCUT2D eigenvalue weighted by Crippen LogP contribution is 2.09. The zero-order valence-electron chi connectivity index (χ0n) is 15.1. The van der Waals surface area contributed by atoms with Crippen molar-refractivity contribution in [3.05, 3.63) is 35.4 Å². The van der Waals surface area contributed by atoms with Crippen LogP contribution in [-0.2, 0) is 29.9 Å². The molecule has 9 heteroatoms. The first-order valence-electron chi connectivity index (χ1n) is 8.13. The first-order valence-corrected chi connectivity index (χ1v) is 10.2. The molecule has 0 bridgehead atoms. The third-order valence-corrected chi connectivity index (χ3v) is 4.13. The van der Waals surface area contributed by atoms with Crippen LogP contribution in [0.3, 0.4) is 0 Å². The third kappa shape index (κ3) is 8.11. The molecule has 26 heavy (non-hydrogen) atoms. The van der Waals surface area contributed by atoms with E-state index in [4.69, 9.17) is 4.74 Å². The molecular formula is C17H24N2O6S. The summed E-state index contributed by atoms with van der Waals surface area (Å²) in [5.41, 5.74) is 0.748. The second-order valence-electron chi connectivity index (χ2n) is 5.92. The highest BCUT2D eigenvalue weighted by molar-refractivity contribution is 7.89. The maximum absolute atomic E-state index is 11.9. The molecule has 0 radical (unpaired) electrons. The number of nitrogens with one attached hydrogen (secondary N) is 2. The van der Waals surface area contributed by atoms with E-state index in [1.807, 2.05) is 6.92 Å². The van der Waals surface area contributed by atoms with E-state index in [0.717, 1.165) is 12.7 Å². The number of rotatable bonds is 9. The topological polar surface area (TPSA) is 119 Å². The van der Waals surface area contributed by atoms with Crippen molar-refractivity contribution < 1.29 is 27.5 Å². The van der Waals surface area contributed by atoms with Gasteiger partial charge in [0, 0.05) is 12.8 Å². The lowest BCUT2D eigenvalue weighted by molar-refractivity contribution is -0.130. The van der Waals surface area contributed by atoms with Gasteiger partial charge in [-0.2, -0.15) is 0 Å². The Kier molecular flexibility index (Phi) is 8.24. The lowest BCUT2D eigenvalue weighted by Gasteiger charge is -2.13. The van der Waals surface area contributed by atoms with Crippen molar-refractivity contribution in [3.8, 4) is 0 Å². The van der Waals surface area contributed by atoms with Crippen LogP contribution >= 0.6 is 0 Å². The van der Waals surface area contributed by atoms with E-state index in [9.17, 15) is 22.8 Å². The summed E-state index contributed by atoms with van der Waals surface area (Å²) < 4.78 is 27.3. The molecule has 1 aromatic carbocycles. The molecule has 0 unspecified atom stereocenters. The minimum atomic E-state index is -3.16. The van der Waals surface area contributed by atoms with Gasteiger partial charge in [-0.25, -0.2) is 13.2 Å². The summed E-state index contributed by atoms with van der Waals surface area (Å²) in [5.74, 6) is -1.74. The summed E-state index contributed by atoms with van der Waals surface area (Å²) in [6, 6.07) is 5.15. The Morgan fingerprint density at radius 3 is 2.31 bits per heavy atom. The molecule has 1 atom stereocenters. The largest absolute Gasteiger partial charge is 0.452 e. The number of esters is 1. The summed E-state index contributed by atoms with van der Waals surface area (Å²) in [6.45, 7) is 3.45. The first kappa shape index (κ1) is 21.6. The highest BCUT2D eigenvalue weighted by atomic mass is 32.2. The van der Waals surface area contributed by atoms with E-state index in [-0.39, 0.29) is 17.2 Å². The highest BCUT2D eigenvalue weighted by Gasteiger charge is 2.16. The SMILES string of the molecule is CCCNC(=O)[C@@H](C)NC(=O)COC(=O)c1ccc(CS(C)(=O)=O)cc1. The fourth-order valence-corrected chi connectivity index (χ4v) is 2.80. The maximum atomic E-state index is 11.9. The summed E-state index contributed by atoms with van der Waals surface area (Å²) in [5, 5.41) is 5.08. The molecule has 1 rings (SSSR count). The molecule has 0 saturated carbocycles. The normalized spacial score (nSPS) is 12.1. The van der Waals surface area contributed by atoms with Crippen LogP contribution in [0.5, 0.6) is 0 Å². The molecule has 144 valence electrons. The molecule has 0 aliphatic heterocycles. The minimum absolute atomic E-state index is 0.122. The Balaban J connectivity index is 2.48. The first-order chi connectivity index (χ1) is 12.1. The number of carbonyl (C=O) groups excluding carboxylic acids is 3. The van der Waals surface area contributed by atoms with Gasteiger partial charge in [0.2, 0.25) is 5.91 Å². The zero-order chi connectivity index (χ0) is 19.7. The number of ether oxygens (including phenoxy) is 1. The predicted molar refractivity (Wildman–Crippen MR) is 96.2 cm³/mol. The van der Waals surface area contributed by atoms with Gasteiger partial charge in [0.1, 0.15) is 6.04 Å². The third-order valence-electron chi connectivity index (χ3n) is 3.27. The van der Waals surface area contributed by atoms with Gasteiger partial charge in [-0.1, -0.05) is 19.1 Å². The molecule has 0 saturated heterocycles. The molecule has 0 aromatic heterocycles. The Labute approximate surface area is 153 Å². The van der Waals surface area contributed by atoms with Crippen LogP contribution in [0.2, 0.25) is 0 Å². The number of benzene rings is 1. The lowest BCUT2D eigenvalue weighted by Crippen LogP contribution is -2.46. The second-order valence-corrected chi connectivity index (χ2v) is 8.06. The van der Waals surface area contributed by atoms with Crippen LogP contribution in [0.4, 0.5) is 0 Å². The fourth-order valence-electron chi connectivity index (χ4n) is 2.00. The van der Waals surface area contributed by atoms with E-state index < -0.39 is 34.4 Å². The molecule has 0 fully saturated rings. The van der Waals surface area contributed by atoms with Crippen molar-refractivity contribution in [3.63, 3.8) is 0 Å². The second kappa shape index (κ2) is 9.91. The molecule has 0 heterocycles. The molecule has 0 aliphatic rings. The minimum Gasteiger partial charge on any atom is -0.452 e. The number of sulfone groups is 1. The smallest absolute Gasteiger partial charge is 0.338 e. The number of carbonyl (C=O) groups is 3. The van der Waals surface area contributed by atoms with Crippen LogP contribution in [0.25, 0.3) is 0 Å². The van der Waals surface area contributed by atoms with Gasteiger partial charge in [0.15, 0.2) is 16.4 Å². The number of amides is 2. The van der Waals surface area contributed by atoms with Gasteiger partial charge in [-0.05, 0) is 31.0 Å². The van der Waals surface area contributed by atoms with Crippen LogP contribution in [0.15, 0.2) is 24.3 Å². The Morgan fingerprint density at radius 1 is 1.15 bits per heavy atom. The van der Waals surface area contributed by atoms with E-state index in [1.54, 1.807) is 0 Å². The molecule has 0 spiro atoms. The molecule has 0 aliphatic carbocycles. The van der Waals surface area contributed by atoms with Crippen molar-refractivity contribution in [2.75, 3.05) is 19.4 Å². The van der Waals surface area contributed by atoms with Gasteiger partial charge >= 0.3 is 5.97 Å². The van der Waals surface area contributed by atoms with Crippen molar-refractivity contribution in [2.45, 2.75) is 32.1 Å². The molecular weight excluding hydrogens is 360 g/mol. The van der Waals surface area contributed by atoms with Crippen molar-refractivity contribution in [2.24, 2.45) is 0 Å². The van der Waals surface area contributed by atoms with Crippen LogP contribution in [0, 0.1) is 0 Å². The van der Waals surface area contributed by atoms with Gasteiger partial charge in [-0.15, -0.1) is 0 Å². The lowest BCUT2D eigenvalue weighted by atomic mass is 10.1. The van der Waals surface area contributed by atoms with E-state index >= 15 is 0 Å². The maximum Gasteiger partial charge on any atom is 0.338 e. The van der Waals surface area contributed by atoms with E-state index in [2.05, 4.69) is 10.6 Å². The summed E-state index contributed by atoms with van der Waals surface area (Å²) in [6.07, 6.45) is 1.91. The fraction of sp³-hybridized carbons (Fsp3) is 0.471. The Morgan fingerprint density at radius 2 is 1.77 bits per heavy atom. The van der Waals surface area contributed by atoms with Crippen molar-refractivity contribution >= 4 is 27.6 Å².